The third-order valence-corrected chi connectivity index (χ3v) is 1.87. The molecule has 1 aromatic heterocycles. The number of nitrogens with zero attached hydrogens (tertiary/aromatic N) is 1. The second kappa shape index (κ2) is 5.81. The molecule has 19 heavy (non-hydrogen) atoms. The summed E-state index contributed by atoms with van der Waals surface area (Å²) in [5.74, 6) is -4.03. The number of hydrogen-bond donors (Lipinski definition) is 0. The highest BCUT2D eigenvalue weighted by molar-refractivity contribution is 5.92. The zero-order chi connectivity index (χ0) is 14.6. The zero-order valence-electron chi connectivity index (χ0n) is 9.55. The molecule has 0 bridgehead atoms. The maximum atomic E-state index is 13.1. The average molecular weight is 285 g/mol. The van der Waals surface area contributed by atoms with E-state index in [1.54, 1.807) is 0 Å². The number of hydrogen-bond acceptors (Lipinski definition) is 4. The second-order valence-corrected chi connectivity index (χ2v) is 3.19. The molecule has 9 heteroatoms. The number of pyridine rings is 1. The Balaban J connectivity index is 3.26. The van der Waals surface area contributed by atoms with Crippen LogP contribution < -0.4 is 4.74 Å². The lowest BCUT2D eigenvalue weighted by Gasteiger charge is -2.12. The molecule has 4 nitrogen and oxygen atoms in total. The SMILES string of the molecule is CCOC(=O)c1cc(CF)c(F)nc1OC(F)(F)F. The van der Waals surface area contributed by atoms with Crippen LogP contribution in [0, 0.1) is 5.95 Å². The van der Waals surface area contributed by atoms with E-state index in [-0.39, 0.29) is 6.61 Å². The van der Waals surface area contributed by atoms with Crippen LogP contribution in [-0.4, -0.2) is 23.9 Å². The molecule has 0 radical (unpaired) electrons. The Kier molecular flexibility index (Phi) is 4.62. The summed E-state index contributed by atoms with van der Waals surface area (Å²) in [6.45, 7) is -0.0562. The lowest BCUT2D eigenvalue weighted by Crippen LogP contribution is -2.21. The van der Waals surface area contributed by atoms with E-state index >= 15 is 0 Å². The largest absolute Gasteiger partial charge is 0.574 e. The minimum Gasteiger partial charge on any atom is -0.462 e. The van der Waals surface area contributed by atoms with Gasteiger partial charge in [-0.1, -0.05) is 0 Å². The summed E-state index contributed by atoms with van der Waals surface area (Å²) >= 11 is 0. The lowest BCUT2D eigenvalue weighted by molar-refractivity contribution is -0.276. The molecule has 0 atom stereocenters. The fraction of sp³-hybridized carbons (Fsp3) is 0.400. The van der Waals surface area contributed by atoms with Gasteiger partial charge in [-0.25, -0.2) is 9.18 Å². The van der Waals surface area contributed by atoms with Crippen molar-refractivity contribution in [2.75, 3.05) is 6.61 Å². The van der Waals surface area contributed by atoms with Crippen LogP contribution in [0.1, 0.15) is 22.8 Å². The fourth-order valence-electron chi connectivity index (χ4n) is 1.15. The molecule has 1 rings (SSSR count). The second-order valence-electron chi connectivity index (χ2n) is 3.19. The smallest absolute Gasteiger partial charge is 0.462 e. The van der Waals surface area contributed by atoms with Crippen molar-refractivity contribution in [1.29, 1.82) is 0 Å². The molecule has 0 spiro atoms. The van der Waals surface area contributed by atoms with E-state index in [0.717, 1.165) is 0 Å². The first-order chi connectivity index (χ1) is 8.78. The first kappa shape index (κ1) is 15.1. The standard InChI is InChI=1S/C10H8F5NO3/c1-2-18-9(17)6-3-5(4-11)7(12)16-8(6)19-10(13,14)15/h3H,2,4H2,1H3. The van der Waals surface area contributed by atoms with E-state index in [9.17, 15) is 26.7 Å². The number of carbonyl (C=O) groups excluding carboxylic acids is 1. The van der Waals surface area contributed by atoms with Gasteiger partial charge in [-0.3, -0.25) is 0 Å². The van der Waals surface area contributed by atoms with Crippen LogP contribution in [-0.2, 0) is 11.4 Å². The maximum Gasteiger partial charge on any atom is 0.574 e. The number of rotatable bonds is 4. The van der Waals surface area contributed by atoms with Crippen molar-refractivity contribution in [2.24, 2.45) is 0 Å². The van der Waals surface area contributed by atoms with Gasteiger partial charge < -0.3 is 9.47 Å². The van der Waals surface area contributed by atoms with Crippen molar-refractivity contribution in [3.8, 4) is 5.88 Å². The highest BCUT2D eigenvalue weighted by Crippen LogP contribution is 2.27. The van der Waals surface area contributed by atoms with Gasteiger partial charge in [0.25, 0.3) is 0 Å². The predicted octanol–water partition coefficient (Wildman–Crippen LogP) is 2.77. The molecule has 0 fully saturated rings. The van der Waals surface area contributed by atoms with Crippen molar-refractivity contribution >= 4 is 5.97 Å². The number of aromatic nitrogens is 1. The number of halogens is 5. The third-order valence-electron chi connectivity index (χ3n) is 1.87. The molecule has 0 saturated heterocycles. The predicted molar refractivity (Wildman–Crippen MR) is 51.6 cm³/mol. The van der Waals surface area contributed by atoms with Crippen LogP contribution in [0.2, 0.25) is 0 Å². The average Bonchev–Trinajstić information content (AvgIpc) is 2.27. The normalized spacial score (nSPS) is 11.3. The van der Waals surface area contributed by atoms with Crippen LogP contribution in [0.3, 0.4) is 0 Å². The summed E-state index contributed by atoms with van der Waals surface area (Å²) in [5, 5.41) is 0. The molecule has 0 aliphatic heterocycles. The molecular weight excluding hydrogens is 277 g/mol. The van der Waals surface area contributed by atoms with E-state index < -0.39 is 42.0 Å². The summed E-state index contributed by atoms with van der Waals surface area (Å²) in [6, 6.07) is 0.571. The molecule has 0 saturated carbocycles. The van der Waals surface area contributed by atoms with Crippen LogP contribution in [0.25, 0.3) is 0 Å². The van der Waals surface area contributed by atoms with Crippen LogP contribution in [0.4, 0.5) is 22.0 Å². The van der Waals surface area contributed by atoms with Crippen molar-refractivity contribution in [1.82, 2.24) is 4.98 Å². The molecule has 1 aromatic rings. The highest BCUT2D eigenvalue weighted by Gasteiger charge is 2.35. The summed E-state index contributed by atoms with van der Waals surface area (Å²) in [4.78, 5) is 14.2. The molecule has 0 aliphatic rings. The summed E-state index contributed by atoms with van der Waals surface area (Å²) in [6.07, 6.45) is -5.17. The van der Waals surface area contributed by atoms with Gasteiger partial charge in [0.15, 0.2) is 0 Å². The number of ether oxygens (including phenoxy) is 2. The molecule has 0 aliphatic carbocycles. The van der Waals surface area contributed by atoms with E-state index in [4.69, 9.17) is 0 Å². The van der Waals surface area contributed by atoms with Gasteiger partial charge in [0.05, 0.1) is 6.61 Å². The van der Waals surface area contributed by atoms with E-state index in [2.05, 4.69) is 14.5 Å². The highest BCUT2D eigenvalue weighted by atomic mass is 19.4. The van der Waals surface area contributed by atoms with Gasteiger partial charge in [0.2, 0.25) is 11.8 Å². The van der Waals surface area contributed by atoms with Crippen molar-refractivity contribution in [2.45, 2.75) is 20.0 Å². The van der Waals surface area contributed by atoms with E-state index in [1.807, 2.05) is 0 Å². The van der Waals surface area contributed by atoms with Gasteiger partial charge in [-0.05, 0) is 13.0 Å². The lowest BCUT2D eigenvalue weighted by atomic mass is 10.2. The summed E-state index contributed by atoms with van der Waals surface area (Å²) in [7, 11) is 0. The maximum absolute atomic E-state index is 13.1. The Morgan fingerprint density at radius 1 is 1.42 bits per heavy atom. The van der Waals surface area contributed by atoms with Gasteiger partial charge in [0, 0.05) is 5.56 Å². The molecule has 1 heterocycles. The molecule has 0 unspecified atom stereocenters. The molecule has 0 amide bonds. The quantitative estimate of drug-likeness (QED) is 0.485. The third kappa shape index (κ3) is 4.04. The zero-order valence-corrected chi connectivity index (χ0v) is 9.55. The Hall–Kier alpha value is -1.93. The number of carbonyl (C=O) groups is 1. The fourth-order valence-corrected chi connectivity index (χ4v) is 1.15. The number of alkyl halides is 4. The Labute approximate surface area is 104 Å². The van der Waals surface area contributed by atoms with Gasteiger partial charge in [0.1, 0.15) is 12.2 Å². The number of esters is 1. The van der Waals surface area contributed by atoms with E-state index in [0.29, 0.717) is 6.07 Å². The van der Waals surface area contributed by atoms with Crippen molar-refractivity contribution in [3.05, 3.63) is 23.1 Å². The Bertz CT molecular complexity index is 475. The monoisotopic (exact) mass is 285 g/mol. The van der Waals surface area contributed by atoms with Crippen LogP contribution in [0.15, 0.2) is 6.07 Å². The first-order valence-electron chi connectivity index (χ1n) is 4.96. The van der Waals surface area contributed by atoms with Crippen molar-refractivity contribution in [3.63, 3.8) is 0 Å². The summed E-state index contributed by atoms with van der Waals surface area (Å²) < 4.78 is 69.6. The molecule has 106 valence electrons. The molecular formula is C10H8F5NO3. The topological polar surface area (TPSA) is 48.4 Å². The molecule has 0 N–H and O–H groups in total. The minimum absolute atomic E-state index is 0.132. The Morgan fingerprint density at radius 3 is 2.53 bits per heavy atom. The van der Waals surface area contributed by atoms with Gasteiger partial charge in [-0.2, -0.15) is 9.37 Å². The van der Waals surface area contributed by atoms with Gasteiger partial charge in [-0.15, -0.1) is 13.2 Å². The van der Waals surface area contributed by atoms with Crippen LogP contribution >= 0.6 is 0 Å². The minimum atomic E-state index is -5.17. The van der Waals surface area contributed by atoms with Crippen LogP contribution in [0.5, 0.6) is 5.88 Å². The Morgan fingerprint density at radius 2 is 2.05 bits per heavy atom. The molecule has 0 aromatic carbocycles. The van der Waals surface area contributed by atoms with E-state index in [1.165, 1.54) is 6.92 Å². The van der Waals surface area contributed by atoms with Crippen molar-refractivity contribution < 1.29 is 36.2 Å². The van der Waals surface area contributed by atoms with Gasteiger partial charge >= 0.3 is 12.3 Å². The summed E-state index contributed by atoms with van der Waals surface area (Å²) in [5.41, 5.74) is -1.47. The first-order valence-corrected chi connectivity index (χ1v) is 4.96.